The third-order valence-electron chi connectivity index (χ3n) is 14.6. The Balaban J connectivity index is 3.40. The molecule has 0 fully saturated rings. The smallest absolute Gasteiger partial charge is 0.305 e. The lowest BCUT2D eigenvalue weighted by atomic mass is 10.0. The summed E-state index contributed by atoms with van der Waals surface area (Å²) in [5.74, 6) is -0.0381. The molecule has 71 heavy (non-hydrogen) atoms. The third kappa shape index (κ3) is 57.2. The SMILES string of the molecule is CCC/C=C\C/C=C\CCCCCCCC(=O)OCCCCCCCCCCCCCC/C=C\CCCCCCCCCCCC(=O)NC(CO)C(O)CCCCCCCCCCCCCCCCCC. The largest absolute Gasteiger partial charge is 0.466 e. The second-order valence-electron chi connectivity index (χ2n) is 21.7. The van der Waals surface area contributed by atoms with Crippen LogP contribution in [0.4, 0.5) is 0 Å². The quantitative estimate of drug-likeness (QED) is 0.0321. The second-order valence-corrected chi connectivity index (χ2v) is 21.7. The number of esters is 1. The van der Waals surface area contributed by atoms with Gasteiger partial charge in [-0.3, -0.25) is 9.59 Å². The van der Waals surface area contributed by atoms with Crippen molar-refractivity contribution in [1.82, 2.24) is 5.32 Å². The topological polar surface area (TPSA) is 95.9 Å². The maximum Gasteiger partial charge on any atom is 0.305 e. The molecule has 0 aliphatic rings. The summed E-state index contributed by atoms with van der Waals surface area (Å²) in [4.78, 5) is 24.5. The summed E-state index contributed by atoms with van der Waals surface area (Å²) in [6.45, 7) is 4.90. The average Bonchev–Trinajstić information content (AvgIpc) is 3.37. The van der Waals surface area contributed by atoms with Gasteiger partial charge >= 0.3 is 5.97 Å². The number of carbonyl (C=O) groups is 2. The highest BCUT2D eigenvalue weighted by Crippen LogP contribution is 2.18. The molecule has 0 aromatic carbocycles. The number of carbonyl (C=O) groups excluding carboxylic acids is 2. The molecule has 0 aromatic heterocycles. The van der Waals surface area contributed by atoms with Crippen LogP contribution in [0.5, 0.6) is 0 Å². The van der Waals surface area contributed by atoms with Crippen LogP contribution in [0.3, 0.4) is 0 Å². The number of ether oxygens (including phenoxy) is 1. The lowest BCUT2D eigenvalue weighted by molar-refractivity contribution is -0.143. The zero-order valence-corrected chi connectivity index (χ0v) is 47.7. The summed E-state index contributed by atoms with van der Waals surface area (Å²) in [5, 5.41) is 23.3. The van der Waals surface area contributed by atoms with E-state index in [2.05, 4.69) is 55.6 Å². The summed E-state index contributed by atoms with van der Waals surface area (Å²) in [6.07, 6.45) is 75.9. The van der Waals surface area contributed by atoms with Gasteiger partial charge in [0.25, 0.3) is 0 Å². The molecule has 0 bridgehead atoms. The predicted octanol–water partition coefficient (Wildman–Crippen LogP) is 20.0. The molecule has 2 unspecified atom stereocenters. The second kappa shape index (κ2) is 60.6. The third-order valence-corrected chi connectivity index (χ3v) is 14.6. The predicted molar refractivity (Wildman–Crippen MR) is 310 cm³/mol. The molecule has 0 heterocycles. The molecule has 1 amide bonds. The molecule has 3 N–H and O–H groups in total. The Labute approximate surface area is 443 Å². The van der Waals surface area contributed by atoms with Crippen molar-refractivity contribution >= 4 is 11.9 Å². The zero-order chi connectivity index (χ0) is 51.4. The van der Waals surface area contributed by atoms with Gasteiger partial charge in [-0.1, -0.05) is 288 Å². The van der Waals surface area contributed by atoms with E-state index in [4.69, 9.17) is 4.74 Å². The van der Waals surface area contributed by atoms with E-state index in [1.807, 2.05) is 0 Å². The van der Waals surface area contributed by atoms with Crippen molar-refractivity contribution in [1.29, 1.82) is 0 Å². The Morgan fingerprint density at radius 2 is 0.732 bits per heavy atom. The summed E-state index contributed by atoms with van der Waals surface area (Å²) in [5.41, 5.74) is 0. The van der Waals surface area contributed by atoms with Crippen molar-refractivity contribution in [3.63, 3.8) is 0 Å². The number of hydrogen-bond acceptors (Lipinski definition) is 5. The first-order chi connectivity index (χ1) is 35.0. The van der Waals surface area contributed by atoms with Gasteiger partial charge < -0.3 is 20.3 Å². The van der Waals surface area contributed by atoms with Crippen molar-refractivity contribution in [3.05, 3.63) is 36.5 Å². The van der Waals surface area contributed by atoms with Crippen LogP contribution >= 0.6 is 0 Å². The molecule has 0 saturated carbocycles. The van der Waals surface area contributed by atoms with Gasteiger partial charge in [-0.2, -0.15) is 0 Å². The van der Waals surface area contributed by atoms with Gasteiger partial charge in [0.2, 0.25) is 5.91 Å². The Morgan fingerprint density at radius 1 is 0.394 bits per heavy atom. The van der Waals surface area contributed by atoms with E-state index in [0.29, 0.717) is 25.9 Å². The Hall–Kier alpha value is -1.92. The molecule has 0 spiro atoms. The van der Waals surface area contributed by atoms with Crippen LogP contribution < -0.4 is 5.32 Å². The van der Waals surface area contributed by atoms with Gasteiger partial charge in [0.1, 0.15) is 0 Å². The number of aliphatic hydroxyl groups is 2. The number of hydrogen-bond donors (Lipinski definition) is 3. The van der Waals surface area contributed by atoms with Crippen LogP contribution in [0.1, 0.15) is 341 Å². The molecule has 0 radical (unpaired) electrons. The fourth-order valence-electron chi connectivity index (χ4n) is 9.79. The maximum absolute atomic E-state index is 12.5. The molecule has 418 valence electrons. The van der Waals surface area contributed by atoms with Gasteiger partial charge in [-0.15, -0.1) is 0 Å². The number of rotatable bonds is 59. The van der Waals surface area contributed by atoms with E-state index in [-0.39, 0.29) is 18.5 Å². The fraction of sp³-hybridized carbons (Fsp3) is 0.877. The molecular formula is C65H123NO5. The maximum atomic E-state index is 12.5. The zero-order valence-electron chi connectivity index (χ0n) is 47.7. The molecule has 0 aliphatic heterocycles. The highest BCUT2D eigenvalue weighted by molar-refractivity contribution is 5.76. The van der Waals surface area contributed by atoms with Gasteiger partial charge in [0, 0.05) is 12.8 Å². The minimum atomic E-state index is -0.666. The van der Waals surface area contributed by atoms with Gasteiger partial charge in [0.05, 0.1) is 25.4 Å². The molecule has 0 saturated heterocycles. The molecule has 0 rings (SSSR count). The fourth-order valence-corrected chi connectivity index (χ4v) is 9.79. The van der Waals surface area contributed by atoms with Crippen molar-refractivity contribution < 1.29 is 24.5 Å². The van der Waals surface area contributed by atoms with E-state index >= 15 is 0 Å². The summed E-state index contributed by atoms with van der Waals surface area (Å²) >= 11 is 0. The minimum Gasteiger partial charge on any atom is -0.466 e. The first kappa shape index (κ1) is 69.1. The molecule has 6 nitrogen and oxygen atoms in total. The number of nitrogens with one attached hydrogen (secondary N) is 1. The van der Waals surface area contributed by atoms with E-state index in [9.17, 15) is 19.8 Å². The minimum absolute atomic E-state index is 0.00185. The van der Waals surface area contributed by atoms with E-state index in [0.717, 1.165) is 51.4 Å². The first-order valence-corrected chi connectivity index (χ1v) is 31.7. The van der Waals surface area contributed by atoms with Crippen molar-refractivity contribution in [2.24, 2.45) is 0 Å². The number of aliphatic hydroxyl groups excluding tert-OH is 2. The summed E-state index contributed by atoms with van der Waals surface area (Å²) in [6, 6.07) is -0.544. The van der Waals surface area contributed by atoms with Gasteiger partial charge in [-0.25, -0.2) is 0 Å². The van der Waals surface area contributed by atoms with Crippen LogP contribution in [0.15, 0.2) is 36.5 Å². The Kier molecular flexibility index (Phi) is 59.0. The molecule has 0 aromatic rings. The number of allylic oxidation sites excluding steroid dienone is 6. The lowest BCUT2D eigenvalue weighted by Crippen LogP contribution is -2.45. The number of unbranched alkanes of at least 4 members (excludes halogenated alkanes) is 42. The van der Waals surface area contributed by atoms with Crippen LogP contribution in [0.2, 0.25) is 0 Å². The standard InChI is InChI=1S/C65H123NO5/c1-3-5-7-9-11-13-15-17-18-30-34-37-41-45-49-53-57-63(68)62(61-67)66-64(69)58-54-50-46-42-38-35-31-28-26-24-22-20-19-21-23-25-27-29-32-36-40-44-48-52-56-60-71-65(70)59-55-51-47-43-39-33-16-14-12-10-8-6-4-2/h8,10,14,16,20,22,62-63,67-68H,3-7,9,11-13,15,17-19,21,23-61H2,1-2H3,(H,66,69)/b10-8-,16-14-,22-20-. The lowest BCUT2D eigenvalue weighted by Gasteiger charge is -2.22. The van der Waals surface area contributed by atoms with Crippen molar-refractivity contribution in [2.45, 2.75) is 353 Å². The van der Waals surface area contributed by atoms with Gasteiger partial charge in [-0.05, 0) is 77.0 Å². The normalized spacial score (nSPS) is 12.8. The Bertz CT molecular complexity index is 1150. The van der Waals surface area contributed by atoms with E-state index < -0.39 is 12.1 Å². The van der Waals surface area contributed by atoms with Gasteiger partial charge in [0.15, 0.2) is 0 Å². The highest BCUT2D eigenvalue weighted by atomic mass is 16.5. The summed E-state index contributed by atoms with van der Waals surface area (Å²) < 4.78 is 5.47. The monoisotopic (exact) mass is 998 g/mol. The highest BCUT2D eigenvalue weighted by Gasteiger charge is 2.20. The van der Waals surface area contributed by atoms with E-state index in [1.54, 1.807) is 0 Å². The molecule has 6 heteroatoms. The van der Waals surface area contributed by atoms with Crippen LogP contribution in [0, 0.1) is 0 Å². The Morgan fingerprint density at radius 3 is 1.14 bits per heavy atom. The summed E-state index contributed by atoms with van der Waals surface area (Å²) in [7, 11) is 0. The van der Waals surface area contributed by atoms with Crippen molar-refractivity contribution in [2.75, 3.05) is 13.2 Å². The van der Waals surface area contributed by atoms with Crippen LogP contribution in [-0.2, 0) is 14.3 Å². The average molecular weight is 999 g/mol. The van der Waals surface area contributed by atoms with Crippen LogP contribution in [0.25, 0.3) is 0 Å². The number of amides is 1. The first-order valence-electron chi connectivity index (χ1n) is 31.7. The van der Waals surface area contributed by atoms with Crippen molar-refractivity contribution in [3.8, 4) is 0 Å². The molecule has 2 atom stereocenters. The molecular weight excluding hydrogens is 875 g/mol. The van der Waals surface area contributed by atoms with Crippen LogP contribution in [-0.4, -0.2) is 47.4 Å². The van der Waals surface area contributed by atoms with E-state index in [1.165, 1.54) is 257 Å². The molecule has 0 aliphatic carbocycles.